The Kier molecular flexibility index (Phi) is 6.64. The Morgan fingerprint density at radius 2 is 2.00 bits per heavy atom. The van der Waals surface area contributed by atoms with E-state index in [-0.39, 0.29) is 0 Å². The molecule has 0 radical (unpaired) electrons. The predicted molar refractivity (Wildman–Crippen MR) is 108 cm³/mol. The molecule has 0 aliphatic carbocycles. The van der Waals surface area contributed by atoms with E-state index in [1.54, 1.807) is 19.1 Å². The first-order chi connectivity index (χ1) is 12.1. The third kappa shape index (κ3) is 4.95. The number of thioether (sulfide) groups is 1. The van der Waals surface area contributed by atoms with Crippen LogP contribution in [0.1, 0.15) is 25.0 Å². The molecule has 0 fully saturated rings. The third-order valence-corrected chi connectivity index (χ3v) is 6.83. The molecule has 1 amide bonds. The zero-order chi connectivity index (χ0) is 19.5. The maximum atomic E-state index is 12.6. The van der Waals surface area contributed by atoms with Crippen LogP contribution in [0.3, 0.4) is 0 Å². The van der Waals surface area contributed by atoms with Gasteiger partial charge in [0.1, 0.15) is 6.04 Å². The number of sulfonamides is 1. The lowest BCUT2D eigenvalue weighted by atomic mass is 10.1. The molecule has 26 heavy (non-hydrogen) atoms. The van der Waals surface area contributed by atoms with Gasteiger partial charge < -0.3 is 0 Å². The number of nitrogens with zero attached hydrogens (tertiary/aromatic N) is 3. The predicted octanol–water partition coefficient (Wildman–Crippen LogP) is 3.06. The molecular formula is C16H22N4O3S3. The summed E-state index contributed by atoms with van der Waals surface area (Å²) in [5.41, 5.74) is 2.46. The minimum Gasteiger partial charge on any atom is -0.299 e. The number of carbonyl (C=O) groups is 1. The molecule has 10 heteroatoms. The maximum absolute atomic E-state index is 12.6. The van der Waals surface area contributed by atoms with Gasteiger partial charge in [-0.2, -0.15) is 0 Å². The summed E-state index contributed by atoms with van der Waals surface area (Å²) < 4.78 is 26.5. The molecule has 0 aliphatic heterocycles. The number of hydrogen-bond donors (Lipinski definition) is 1. The van der Waals surface area contributed by atoms with Gasteiger partial charge in [0.2, 0.25) is 21.1 Å². The first-order valence-electron chi connectivity index (χ1n) is 7.97. The standard InChI is InChI=1S/C16H22N4O3S3/c1-6-24-16-19-18-15(25-16)17-14(21)12(4)20(26(5,22)23)13-8-7-10(2)11(3)9-13/h7-9,12H,6H2,1-5H3,(H,17,18,21)/t12-/m1/s1. The summed E-state index contributed by atoms with van der Waals surface area (Å²) in [5, 5.41) is 10.9. The Morgan fingerprint density at radius 3 is 2.58 bits per heavy atom. The normalized spacial score (nSPS) is 12.7. The average Bonchev–Trinajstić information content (AvgIpc) is 2.97. The van der Waals surface area contributed by atoms with E-state index < -0.39 is 22.0 Å². The molecule has 1 aromatic carbocycles. The zero-order valence-corrected chi connectivity index (χ0v) is 17.8. The van der Waals surface area contributed by atoms with Gasteiger partial charge in [0, 0.05) is 0 Å². The van der Waals surface area contributed by atoms with E-state index >= 15 is 0 Å². The van der Waals surface area contributed by atoms with E-state index in [0.29, 0.717) is 10.8 Å². The summed E-state index contributed by atoms with van der Waals surface area (Å²) in [6.45, 7) is 7.40. The second-order valence-electron chi connectivity index (χ2n) is 5.80. The van der Waals surface area contributed by atoms with Crippen molar-refractivity contribution in [1.82, 2.24) is 10.2 Å². The zero-order valence-electron chi connectivity index (χ0n) is 15.3. The summed E-state index contributed by atoms with van der Waals surface area (Å²) >= 11 is 2.79. The molecule has 1 aromatic heterocycles. The number of aromatic nitrogens is 2. The van der Waals surface area contributed by atoms with Crippen LogP contribution in [-0.4, -0.2) is 42.6 Å². The molecule has 0 saturated carbocycles. The van der Waals surface area contributed by atoms with Crippen molar-refractivity contribution in [2.75, 3.05) is 21.6 Å². The second kappa shape index (κ2) is 8.36. The Morgan fingerprint density at radius 1 is 1.31 bits per heavy atom. The molecule has 2 aromatic rings. The van der Waals surface area contributed by atoms with Crippen LogP contribution < -0.4 is 9.62 Å². The molecule has 2 rings (SSSR count). The second-order valence-corrected chi connectivity index (χ2v) is 10.1. The van der Waals surface area contributed by atoms with E-state index in [0.717, 1.165) is 31.8 Å². The monoisotopic (exact) mass is 414 g/mol. The van der Waals surface area contributed by atoms with E-state index in [9.17, 15) is 13.2 Å². The number of carbonyl (C=O) groups excluding carboxylic acids is 1. The molecule has 1 atom stereocenters. The largest absolute Gasteiger partial charge is 0.299 e. The molecular weight excluding hydrogens is 392 g/mol. The summed E-state index contributed by atoms with van der Waals surface area (Å²) in [5.74, 6) is 0.394. The van der Waals surface area contributed by atoms with E-state index in [1.165, 1.54) is 23.1 Å². The van der Waals surface area contributed by atoms with Crippen LogP contribution in [0.15, 0.2) is 22.5 Å². The molecule has 1 heterocycles. The lowest BCUT2D eigenvalue weighted by Crippen LogP contribution is -2.45. The maximum Gasteiger partial charge on any atom is 0.249 e. The number of nitrogens with one attached hydrogen (secondary N) is 1. The van der Waals surface area contributed by atoms with Crippen molar-refractivity contribution < 1.29 is 13.2 Å². The van der Waals surface area contributed by atoms with Gasteiger partial charge >= 0.3 is 0 Å². The van der Waals surface area contributed by atoms with Crippen molar-refractivity contribution in [3.63, 3.8) is 0 Å². The van der Waals surface area contributed by atoms with Gasteiger partial charge in [0.15, 0.2) is 4.34 Å². The minimum absolute atomic E-state index is 0.353. The number of amides is 1. The number of rotatable bonds is 7. The SMILES string of the molecule is CCSc1nnc(NC(=O)[C@@H](C)N(c2ccc(C)c(C)c2)S(C)(=O)=O)s1. The summed E-state index contributed by atoms with van der Waals surface area (Å²) in [6.07, 6.45) is 1.09. The van der Waals surface area contributed by atoms with Gasteiger partial charge in [-0.3, -0.25) is 14.4 Å². The van der Waals surface area contributed by atoms with Crippen molar-refractivity contribution in [2.45, 2.75) is 38.1 Å². The summed E-state index contributed by atoms with van der Waals surface area (Å²) in [7, 11) is -3.65. The Hall–Kier alpha value is -1.65. The van der Waals surface area contributed by atoms with Crippen molar-refractivity contribution in [3.8, 4) is 0 Å². The molecule has 142 valence electrons. The lowest BCUT2D eigenvalue weighted by molar-refractivity contribution is -0.116. The molecule has 0 bridgehead atoms. The van der Waals surface area contributed by atoms with Gasteiger partial charge in [0.05, 0.1) is 11.9 Å². The first kappa shape index (κ1) is 20.7. The van der Waals surface area contributed by atoms with Crippen molar-refractivity contribution in [3.05, 3.63) is 29.3 Å². The molecule has 0 unspecified atom stereocenters. The third-order valence-electron chi connectivity index (χ3n) is 3.74. The summed E-state index contributed by atoms with van der Waals surface area (Å²) in [6, 6.07) is 4.38. The molecule has 0 spiro atoms. The van der Waals surface area contributed by atoms with Crippen LogP contribution in [0, 0.1) is 13.8 Å². The molecule has 7 nitrogen and oxygen atoms in total. The van der Waals surface area contributed by atoms with E-state index in [2.05, 4.69) is 15.5 Å². The molecule has 0 aliphatic rings. The average molecular weight is 415 g/mol. The van der Waals surface area contributed by atoms with Gasteiger partial charge in [-0.25, -0.2) is 8.42 Å². The van der Waals surface area contributed by atoms with Crippen LogP contribution in [-0.2, 0) is 14.8 Å². The fourth-order valence-electron chi connectivity index (χ4n) is 2.32. The number of aryl methyl sites for hydroxylation is 2. The van der Waals surface area contributed by atoms with Crippen LogP contribution in [0.25, 0.3) is 0 Å². The minimum atomic E-state index is -3.65. The van der Waals surface area contributed by atoms with E-state index in [4.69, 9.17) is 0 Å². The van der Waals surface area contributed by atoms with Crippen LogP contribution in [0.4, 0.5) is 10.8 Å². The molecule has 1 N–H and O–H groups in total. The number of benzene rings is 1. The Balaban J connectivity index is 2.26. The fraction of sp³-hybridized carbons (Fsp3) is 0.438. The highest BCUT2D eigenvalue weighted by Crippen LogP contribution is 2.27. The quantitative estimate of drug-likeness (QED) is 0.553. The van der Waals surface area contributed by atoms with Crippen LogP contribution in [0.5, 0.6) is 0 Å². The lowest BCUT2D eigenvalue weighted by Gasteiger charge is -2.28. The number of hydrogen-bond acceptors (Lipinski definition) is 7. The van der Waals surface area contributed by atoms with Crippen LogP contribution in [0.2, 0.25) is 0 Å². The fourth-order valence-corrected chi connectivity index (χ4v) is 5.14. The Bertz CT molecular complexity index is 896. The van der Waals surface area contributed by atoms with Gasteiger partial charge in [-0.05, 0) is 49.8 Å². The topological polar surface area (TPSA) is 92.3 Å². The van der Waals surface area contributed by atoms with Crippen molar-refractivity contribution in [2.24, 2.45) is 0 Å². The van der Waals surface area contributed by atoms with Gasteiger partial charge in [0.25, 0.3) is 0 Å². The molecule has 0 saturated heterocycles. The van der Waals surface area contributed by atoms with Gasteiger partial charge in [-0.1, -0.05) is 36.1 Å². The first-order valence-corrected chi connectivity index (χ1v) is 11.6. The van der Waals surface area contributed by atoms with Crippen molar-refractivity contribution in [1.29, 1.82) is 0 Å². The smallest absolute Gasteiger partial charge is 0.249 e. The summed E-state index contributed by atoms with van der Waals surface area (Å²) in [4.78, 5) is 12.6. The highest BCUT2D eigenvalue weighted by molar-refractivity contribution is 8.01. The highest BCUT2D eigenvalue weighted by Gasteiger charge is 2.30. The highest BCUT2D eigenvalue weighted by atomic mass is 32.2. The van der Waals surface area contributed by atoms with Gasteiger partial charge in [-0.15, -0.1) is 10.2 Å². The number of anilines is 2. The van der Waals surface area contributed by atoms with Crippen LogP contribution >= 0.6 is 23.1 Å². The van der Waals surface area contributed by atoms with E-state index in [1.807, 2.05) is 26.8 Å². The Labute approximate surface area is 162 Å². The van der Waals surface area contributed by atoms with Crippen molar-refractivity contribution >= 4 is 49.8 Å².